The summed E-state index contributed by atoms with van der Waals surface area (Å²) in [5.41, 5.74) is 2.38. The van der Waals surface area contributed by atoms with Crippen molar-refractivity contribution in [2.24, 2.45) is 0 Å². The number of carbonyl (C=O) groups is 2. The molecule has 0 bridgehead atoms. The number of hydrogen-bond donors (Lipinski definition) is 2. The standard InChI is InChI=1S/C20H25N3O3/c24-19(9-10-21-20(25)18-4-3-13-26-18)22-14-16-5-7-17(8-6-16)15-23-11-1-2-12-23/h3-8,13H,1-2,9-12,14-15H2,(H,21,25)(H,22,24). The predicted octanol–water partition coefficient (Wildman–Crippen LogP) is 2.31. The lowest BCUT2D eigenvalue weighted by molar-refractivity contribution is -0.121. The summed E-state index contributed by atoms with van der Waals surface area (Å²) >= 11 is 0. The van der Waals surface area contributed by atoms with Gasteiger partial charge in [0, 0.05) is 26.1 Å². The molecule has 2 N–H and O–H groups in total. The van der Waals surface area contributed by atoms with E-state index in [0.29, 0.717) is 6.54 Å². The Morgan fingerprint density at radius 3 is 2.42 bits per heavy atom. The molecule has 6 heteroatoms. The van der Waals surface area contributed by atoms with Gasteiger partial charge in [0.25, 0.3) is 5.91 Å². The lowest BCUT2D eigenvalue weighted by atomic mass is 10.1. The maximum Gasteiger partial charge on any atom is 0.286 e. The maximum absolute atomic E-state index is 11.9. The molecule has 1 aromatic heterocycles. The van der Waals surface area contributed by atoms with Crippen LogP contribution in [0, 0.1) is 0 Å². The van der Waals surface area contributed by atoms with E-state index in [1.54, 1.807) is 12.1 Å². The highest BCUT2D eigenvalue weighted by molar-refractivity contribution is 5.91. The van der Waals surface area contributed by atoms with Crippen LogP contribution in [0.15, 0.2) is 47.1 Å². The van der Waals surface area contributed by atoms with Gasteiger partial charge in [0.15, 0.2) is 5.76 Å². The largest absolute Gasteiger partial charge is 0.459 e. The Kier molecular flexibility index (Phi) is 6.44. The molecule has 1 aromatic carbocycles. The van der Waals surface area contributed by atoms with Crippen molar-refractivity contribution in [1.29, 1.82) is 0 Å². The Morgan fingerprint density at radius 2 is 1.73 bits per heavy atom. The molecule has 1 aliphatic heterocycles. The van der Waals surface area contributed by atoms with Gasteiger partial charge in [-0.2, -0.15) is 0 Å². The lowest BCUT2D eigenvalue weighted by Crippen LogP contribution is -2.30. The lowest BCUT2D eigenvalue weighted by Gasteiger charge is -2.14. The second-order valence-corrected chi connectivity index (χ2v) is 6.56. The van der Waals surface area contributed by atoms with Crippen LogP contribution in [-0.2, 0) is 17.9 Å². The first-order valence-corrected chi connectivity index (χ1v) is 9.09. The van der Waals surface area contributed by atoms with Gasteiger partial charge in [0.1, 0.15) is 0 Å². The molecule has 0 saturated carbocycles. The van der Waals surface area contributed by atoms with E-state index in [9.17, 15) is 9.59 Å². The number of nitrogens with one attached hydrogen (secondary N) is 2. The molecule has 2 amide bonds. The van der Waals surface area contributed by atoms with Crippen molar-refractivity contribution >= 4 is 11.8 Å². The topological polar surface area (TPSA) is 74.6 Å². The average Bonchev–Trinajstić information content (AvgIpc) is 3.35. The molecule has 0 atom stereocenters. The van der Waals surface area contributed by atoms with Crippen LogP contribution in [0.5, 0.6) is 0 Å². The zero-order valence-corrected chi connectivity index (χ0v) is 14.9. The third-order valence-corrected chi connectivity index (χ3v) is 4.50. The molecule has 0 radical (unpaired) electrons. The van der Waals surface area contributed by atoms with Gasteiger partial charge in [0.2, 0.25) is 5.91 Å². The Labute approximate surface area is 153 Å². The summed E-state index contributed by atoms with van der Waals surface area (Å²) < 4.78 is 4.99. The predicted molar refractivity (Wildman–Crippen MR) is 98.5 cm³/mol. The SMILES string of the molecule is O=C(CCNC(=O)c1ccco1)NCc1ccc(CN2CCCC2)cc1. The van der Waals surface area contributed by atoms with Gasteiger partial charge in [-0.05, 0) is 49.2 Å². The second-order valence-electron chi connectivity index (χ2n) is 6.56. The molecular weight excluding hydrogens is 330 g/mol. The molecule has 1 aliphatic rings. The molecule has 6 nitrogen and oxygen atoms in total. The Morgan fingerprint density at radius 1 is 1.00 bits per heavy atom. The molecule has 0 unspecified atom stereocenters. The zero-order valence-electron chi connectivity index (χ0n) is 14.9. The number of amides is 2. The quantitative estimate of drug-likeness (QED) is 0.762. The molecule has 138 valence electrons. The van der Waals surface area contributed by atoms with E-state index in [-0.39, 0.29) is 30.5 Å². The van der Waals surface area contributed by atoms with E-state index in [1.807, 2.05) is 0 Å². The van der Waals surface area contributed by atoms with Crippen molar-refractivity contribution in [1.82, 2.24) is 15.5 Å². The first-order valence-electron chi connectivity index (χ1n) is 9.09. The number of rotatable bonds is 8. The fourth-order valence-electron chi connectivity index (χ4n) is 3.03. The average molecular weight is 355 g/mol. The van der Waals surface area contributed by atoms with Gasteiger partial charge in [0.05, 0.1) is 6.26 Å². The minimum atomic E-state index is -0.309. The van der Waals surface area contributed by atoms with Crippen molar-refractivity contribution in [3.05, 3.63) is 59.5 Å². The first kappa shape index (κ1) is 18.2. The fraction of sp³-hybridized carbons (Fsp3) is 0.400. The second kappa shape index (κ2) is 9.20. The van der Waals surface area contributed by atoms with Crippen molar-refractivity contribution < 1.29 is 14.0 Å². The molecule has 0 aliphatic carbocycles. The maximum atomic E-state index is 11.9. The number of carbonyl (C=O) groups excluding carboxylic acids is 2. The highest BCUT2D eigenvalue weighted by Crippen LogP contribution is 2.13. The Balaban J connectivity index is 1.34. The van der Waals surface area contributed by atoms with Crippen LogP contribution in [0.2, 0.25) is 0 Å². The van der Waals surface area contributed by atoms with Crippen molar-refractivity contribution in [3.8, 4) is 0 Å². The van der Waals surface area contributed by atoms with Crippen LogP contribution in [0.1, 0.15) is 40.9 Å². The zero-order chi connectivity index (χ0) is 18.2. The smallest absolute Gasteiger partial charge is 0.286 e. The number of nitrogens with zero attached hydrogens (tertiary/aromatic N) is 1. The van der Waals surface area contributed by atoms with Crippen LogP contribution < -0.4 is 10.6 Å². The van der Waals surface area contributed by atoms with Gasteiger partial charge in [-0.3, -0.25) is 14.5 Å². The summed E-state index contributed by atoms with van der Waals surface area (Å²) in [6, 6.07) is 11.6. The van der Waals surface area contributed by atoms with Gasteiger partial charge in [-0.15, -0.1) is 0 Å². The van der Waals surface area contributed by atoms with Crippen LogP contribution in [0.25, 0.3) is 0 Å². The van der Waals surface area contributed by atoms with E-state index < -0.39 is 0 Å². The molecule has 1 saturated heterocycles. The number of furan rings is 1. The molecule has 2 heterocycles. The molecule has 0 spiro atoms. The Hall–Kier alpha value is -2.60. The monoisotopic (exact) mass is 355 g/mol. The molecule has 1 fully saturated rings. The number of likely N-dealkylation sites (tertiary alicyclic amines) is 1. The van der Waals surface area contributed by atoms with Gasteiger partial charge in [-0.25, -0.2) is 0 Å². The summed E-state index contributed by atoms with van der Waals surface area (Å²) in [7, 11) is 0. The third kappa shape index (κ3) is 5.46. The van der Waals surface area contributed by atoms with Gasteiger partial charge >= 0.3 is 0 Å². The van der Waals surface area contributed by atoms with E-state index in [0.717, 1.165) is 12.1 Å². The van der Waals surface area contributed by atoms with Gasteiger partial charge < -0.3 is 15.1 Å². The number of benzene rings is 1. The van der Waals surface area contributed by atoms with Crippen LogP contribution in [0.4, 0.5) is 0 Å². The molecule has 2 aromatic rings. The molecule has 3 rings (SSSR count). The first-order chi connectivity index (χ1) is 12.7. The number of hydrogen-bond acceptors (Lipinski definition) is 4. The van der Waals surface area contributed by atoms with Crippen LogP contribution >= 0.6 is 0 Å². The summed E-state index contributed by atoms with van der Waals surface area (Å²) in [5, 5.41) is 5.53. The van der Waals surface area contributed by atoms with Crippen LogP contribution in [-0.4, -0.2) is 36.3 Å². The normalized spacial score (nSPS) is 14.3. The van der Waals surface area contributed by atoms with Crippen LogP contribution in [0.3, 0.4) is 0 Å². The summed E-state index contributed by atoms with van der Waals surface area (Å²) in [5.74, 6) is -0.151. The van der Waals surface area contributed by atoms with E-state index in [2.05, 4.69) is 39.8 Å². The minimum absolute atomic E-state index is 0.0918. The van der Waals surface area contributed by atoms with Gasteiger partial charge in [-0.1, -0.05) is 24.3 Å². The van der Waals surface area contributed by atoms with Crippen molar-refractivity contribution in [3.63, 3.8) is 0 Å². The molecular formula is C20H25N3O3. The molecule has 26 heavy (non-hydrogen) atoms. The minimum Gasteiger partial charge on any atom is -0.459 e. The van der Waals surface area contributed by atoms with Crippen molar-refractivity contribution in [2.75, 3.05) is 19.6 Å². The summed E-state index contributed by atoms with van der Waals surface area (Å²) in [4.78, 5) is 26.0. The van der Waals surface area contributed by atoms with E-state index in [4.69, 9.17) is 4.42 Å². The fourth-order valence-corrected chi connectivity index (χ4v) is 3.03. The third-order valence-electron chi connectivity index (χ3n) is 4.50. The van der Waals surface area contributed by atoms with E-state index in [1.165, 1.54) is 37.8 Å². The summed E-state index contributed by atoms with van der Waals surface area (Å²) in [6.07, 6.45) is 4.27. The Bertz CT molecular complexity index is 704. The summed E-state index contributed by atoms with van der Waals surface area (Å²) in [6.45, 7) is 4.15. The van der Waals surface area contributed by atoms with E-state index >= 15 is 0 Å². The highest BCUT2D eigenvalue weighted by atomic mass is 16.3. The van der Waals surface area contributed by atoms with Crippen molar-refractivity contribution in [2.45, 2.75) is 32.4 Å². The highest BCUT2D eigenvalue weighted by Gasteiger charge is 2.11.